The molecule has 0 heterocycles. The summed E-state index contributed by atoms with van der Waals surface area (Å²) >= 11 is 0. The number of carbonyl (C=O) groups is 4. The number of aliphatic carboxylic acids is 1. The minimum atomic E-state index is -1.12. The molecule has 0 aromatic heterocycles. The van der Waals surface area contributed by atoms with E-state index < -0.39 is 29.7 Å². The Bertz CT molecular complexity index is 682. The van der Waals surface area contributed by atoms with Gasteiger partial charge in [-0.2, -0.15) is 0 Å². The van der Waals surface area contributed by atoms with Gasteiger partial charge >= 0.3 is 5.97 Å². The average molecular weight is 516 g/mol. The van der Waals surface area contributed by atoms with Crippen molar-refractivity contribution in [2.75, 3.05) is 59.4 Å². The fourth-order valence-electron chi connectivity index (χ4n) is 3.07. The molecule has 0 spiro atoms. The average Bonchev–Trinajstić information content (AvgIpc) is 2.81. The molecule has 0 saturated heterocycles. The molecule has 3 amide bonds. The lowest BCUT2D eigenvalue weighted by Gasteiger charge is -2.18. The molecule has 0 aliphatic carbocycles. The number of terminal acetylenes is 1. The summed E-state index contributed by atoms with van der Waals surface area (Å²) in [6.45, 7) is 5.10. The Hall–Kier alpha value is -2.72. The minimum Gasteiger partial charge on any atom is -0.480 e. The van der Waals surface area contributed by atoms with Gasteiger partial charge in [-0.15, -0.1) is 6.42 Å². The van der Waals surface area contributed by atoms with E-state index in [0.29, 0.717) is 52.5 Å². The highest BCUT2D eigenvalue weighted by Gasteiger charge is 2.24. The fourth-order valence-corrected chi connectivity index (χ4v) is 3.07. The van der Waals surface area contributed by atoms with Gasteiger partial charge in [-0.25, -0.2) is 4.79 Å². The Labute approximate surface area is 212 Å². The molecular formula is C24H41N3O9. The topological polar surface area (TPSA) is 176 Å². The molecule has 0 aromatic carbocycles. The number of amides is 3. The van der Waals surface area contributed by atoms with Crippen LogP contribution in [-0.2, 0) is 38.1 Å². The maximum absolute atomic E-state index is 12.3. The second kappa shape index (κ2) is 22.7. The van der Waals surface area contributed by atoms with Crippen molar-refractivity contribution in [3.05, 3.63) is 0 Å². The van der Waals surface area contributed by atoms with Crippen molar-refractivity contribution in [3.8, 4) is 12.3 Å². The maximum Gasteiger partial charge on any atom is 0.326 e. The first-order chi connectivity index (χ1) is 17.3. The predicted molar refractivity (Wildman–Crippen MR) is 131 cm³/mol. The Kier molecular flexibility index (Phi) is 21.0. The highest BCUT2D eigenvalue weighted by atomic mass is 16.6. The van der Waals surface area contributed by atoms with E-state index in [-0.39, 0.29) is 44.9 Å². The number of carboxylic acid groups (broad SMARTS) is 1. The molecule has 2 unspecified atom stereocenters. The van der Waals surface area contributed by atoms with Gasteiger partial charge in [0.1, 0.15) is 12.6 Å². The van der Waals surface area contributed by atoms with E-state index in [9.17, 15) is 24.3 Å². The largest absolute Gasteiger partial charge is 0.480 e. The Morgan fingerprint density at radius 3 is 1.97 bits per heavy atom. The number of unbranched alkanes of at least 4 members (excludes halogenated alkanes) is 1. The molecule has 0 saturated carbocycles. The number of primary amides is 1. The lowest BCUT2D eigenvalue weighted by atomic mass is 9.96. The third-order valence-corrected chi connectivity index (χ3v) is 4.79. The first kappa shape index (κ1) is 33.3. The summed E-state index contributed by atoms with van der Waals surface area (Å²) in [5, 5.41) is 14.4. The maximum atomic E-state index is 12.3. The summed E-state index contributed by atoms with van der Waals surface area (Å²) in [5.41, 5.74) is 5.24. The number of nitrogens with two attached hydrogens (primary N) is 1. The van der Waals surface area contributed by atoms with E-state index in [0.717, 1.165) is 6.42 Å². The van der Waals surface area contributed by atoms with Gasteiger partial charge in [-0.05, 0) is 12.3 Å². The molecule has 0 aliphatic heterocycles. The molecule has 0 aliphatic rings. The van der Waals surface area contributed by atoms with Crippen LogP contribution in [0.15, 0.2) is 0 Å². The molecular weight excluding hydrogens is 474 g/mol. The molecule has 206 valence electrons. The number of hydrogen-bond donors (Lipinski definition) is 4. The lowest BCUT2D eigenvalue weighted by molar-refractivity contribution is -0.142. The van der Waals surface area contributed by atoms with Gasteiger partial charge < -0.3 is 40.4 Å². The molecule has 5 N–H and O–H groups in total. The van der Waals surface area contributed by atoms with Crippen LogP contribution < -0.4 is 16.4 Å². The van der Waals surface area contributed by atoms with Crippen LogP contribution in [0.3, 0.4) is 0 Å². The van der Waals surface area contributed by atoms with Crippen LogP contribution in [0.5, 0.6) is 0 Å². The minimum absolute atomic E-state index is 0.0973. The van der Waals surface area contributed by atoms with E-state index in [2.05, 4.69) is 16.6 Å². The van der Waals surface area contributed by atoms with Crippen molar-refractivity contribution in [1.29, 1.82) is 0 Å². The molecule has 0 bridgehead atoms. The Balaban J connectivity index is 4.04. The van der Waals surface area contributed by atoms with Crippen LogP contribution in [-0.4, -0.2) is 94.2 Å². The number of ether oxygens (including phenoxy) is 4. The molecule has 0 radical (unpaired) electrons. The zero-order valence-corrected chi connectivity index (χ0v) is 21.1. The highest BCUT2D eigenvalue weighted by Crippen LogP contribution is 2.14. The van der Waals surface area contributed by atoms with Gasteiger partial charge in [0, 0.05) is 25.8 Å². The molecule has 0 rings (SSSR count). The summed E-state index contributed by atoms with van der Waals surface area (Å²) < 4.78 is 21.1. The normalized spacial score (nSPS) is 12.3. The summed E-state index contributed by atoms with van der Waals surface area (Å²) in [7, 11) is 0. The number of carboxylic acids is 1. The van der Waals surface area contributed by atoms with Crippen molar-refractivity contribution in [3.63, 3.8) is 0 Å². The number of rotatable bonds is 24. The quantitative estimate of drug-likeness (QED) is 0.100. The second-order valence-corrected chi connectivity index (χ2v) is 7.99. The van der Waals surface area contributed by atoms with Crippen molar-refractivity contribution in [2.24, 2.45) is 11.7 Å². The number of nitrogens with one attached hydrogen (secondary N) is 2. The first-order valence-electron chi connectivity index (χ1n) is 12.1. The van der Waals surface area contributed by atoms with Crippen LogP contribution in [0, 0.1) is 18.3 Å². The monoisotopic (exact) mass is 515 g/mol. The van der Waals surface area contributed by atoms with Crippen LogP contribution in [0.1, 0.15) is 45.4 Å². The Morgan fingerprint density at radius 2 is 1.44 bits per heavy atom. The second-order valence-electron chi connectivity index (χ2n) is 7.99. The SMILES string of the molecule is C#CCOCCOCCOCCOCCNC(=O)CC(CC(N)=O)CC(=O)NC(CCCC)C(=O)O. The van der Waals surface area contributed by atoms with Crippen LogP contribution >= 0.6 is 0 Å². The summed E-state index contributed by atoms with van der Waals surface area (Å²) in [6.07, 6.45) is 6.36. The zero-order chi connectivity index (χ0) is 27.0. The van der Waals surface area contributed by atoms with Gasteiger partial charge in [0.05, 0.1) is 46.2 Å². The van der Waals surface area contributed by atoms with Gasteiger partial charge in [0.15, 0.2) is 0 Å². The zero-order valence-electron chi connectivity index (χ0n) is 21.1. The molecule has 36 heavy (non-hydrogen) atoms. The van der Waals surface area contributed by atoms with Crippen molar-refractivity contribution < 1.29 is 43.2 Å². The Morgan fingerprint density at radius 1 is 0.889 bits per heavy atom. The molecule has 12 heteroatoms. The molecule has 2 atom stereocenters. The van der Waals surface area contributed by atoms with Gasteiger partial charge in [0.25, 0.3) is 0 Å². The van der Waals surface area contributed by atoms with E-state index in [4.69, 9.17) is 31.1 Å². The summed E-state index contributed by atoms with van der Waals surface area (Å²) in [5.74, 6) is -0.945. The van der Waals surface area contributed by atoms with E-state index in [1.54, 1.807) is 0 Å². The van der Waals surface area contributed by atoms with Crippen molar-refractivity contribution >= 4 is 23.7 Å². The van der Waals surface area contributed by atoms with E-state index in [1.165, 1.54) is 0 Å². The third kappa shape index (κ3) is 20.6. The standard InChI is InChI=1S/C24H41N3O9/c1-3-5-6-20(24(31)32)27-23(30)18-19(16-21(25)28)17-22(29)26-7-9-34-11-13-36-15-14-35-12-10-33-8-4-2/h2,19-20H,3,5-18H2,1H3,(H2,25,28)(H,26,29)(H,27,30)(H,31,32). The molecule has 0 fully saturated rings. The summed E-state index contributed by atoms with van der Waals surface area (Å²) in [4.78, 5) is 47.1. The van der Waals surface area contributed by atoms with Crippen molar-refractivity contribution in [2.45, 2.75) is 51.5 Å². The first-order valence-corrected chi connectivity index (χ1v) is 12.1. The fraction of sp³-hybridized carbons (Fsp3) is 0.750. The van der Waals surface area contributed by atoms with E-state index >= 15 is 0 Å². The van der Waals surface area contributed by atoms with Gasteiger partial charge in [0.2, 0.25) is 17.7 Å². The van der Waals surface area contributed by atoms with Crippen LogP contribution in [0.25, 0.3) is 0 Å². The molecule has 12 nitrogen and oxygen atoms in total. The smallest absolute Gasteiger partial charge is 0.326 e. The molecule has 0 aromatic rings. The third-order valence-electron chi connectivity index (χ3n) is 4.79. The van der Waals surface area contributed by atoms with Crippen molar-refractivity contribution in [1.82, 2.24) is 10.6 Å². The van der Waals surface area contributed by atoms with Gasteiger partial charge in [-0.1, -0.05) is 25.7 Å². The summed E-state index contributed by atoms with van der Waals surface area (Å²) in [6, 6.07) is -1.01. The lowest BCUT2D eigenvalue weighted by Crippen LogP contribution is -2.42. The van der Waals surface area contributed by atoms with Gasteiger partial charge in [-0.3, -0.25) is 14.4 Å². The van der Waals surface area contributed by atoms with Crippen LogP contribution in [0.2, 0.25) is 0 Å². The number of hydrogen-bond acceptors (Lipinski definition) is 8. The highest BCUT2D eigenvalue weighted by molar-refractivity contribution is 5.85. The van der Waals surface area contributed by atoms with E-state index in [1.807, 2.05) is 6.92 Å². The number of carbonyl (C=O) groups excluding carboxylic acids is 3. The van der Waals surface area contributed by atoms with Crippen LogP contribution in [0.4, 0.5) is 0 Å². The predicted octanol–water partition coefficient (Wildman–Crippen LogP) is -0.166.